The Hall–Kier alpha value is -0.570. The molecule has 0 bridgehead atoms. The maximum Gasteiger partial charge on any atom is 0.308 e. The van der Waals surface area contributed by atoms with Gasteiger partial charge in [0.15, 0.2) is 0 Å². The maximum absolute atomic E-state index is 10.6. The summed E-state index contributed by atoms with van der Waals surface area (Å²) < 4.78 is 4.73. The summed E-state index contributed by atoms with van der Waals surface area (Å²) in [6.07, 6.45) is 2.08. The zero-order valence-electron chi connectivity index (χ0n) is 6.46. The van der Waals surface area contributed by atoms with Gasteiger partial charge in [0, 0.05) is 7.11 Å². The van der Waals surface area contributed by atoms with Crippen LogP contribution in [-0.4, -0.2) is 24.8 Å². The fourth-order valence-electron chi connectivity index (χ4n) is 0.579. The van der Waals surface area contributed by atoms with E-state index < -0.39 is 0 Å². The third-order valence-corrected chi connectivity index (χ3v) is 1.20. The van der Waals surface area contributed by atoms with Crippen molar-refractivity contribution in [1.29, 1.82) is 0 Å². The molecule has 60 valence electrons. The molecule has 1 N–H and O–H groups in total. The second-order valence-electron chi connectivity index (χ2n) is 2.03. The van der Waals surface area contributed by atoms with E-state index >= 15 is 0 Å². The fourth-order valence-corrected chi connectivity index (χ4v) is 0.579. The molecule has 0 spiro atoms. The normalized spacial score (nSPS) is 15.1. The van der Waals surface area contributed by atoms with Crippen LogP contribution in [-0.2, 0) is 9.53 Å². The van der Waals surface area contributed by atoms with Crippen molar-refractivity contribution in [3.63, 3.8) is 0 Å². The quantitative estimate of drug-likeness (QED) is 0.579. The van der Waals surface area contributed by atoms with Gasteiger partial charge < -0.3 is 9.84 Å². The molecule has 1 aliphatic carbocycles. The minimum absolute atomic E-state index is 0.00694. The van der Waals surface area contributed by atoms with Crippen LogP contribution in [0.3, 0.4) is 0 Å². The van der Waals surface area contributed by atoms with E-state index in [0.717, 1.165) is 20.0 Å². The van der Waals surface area contributed by atoms with E-state index in [9.17, 15) is 4.79 Å². The van der Waals surface area contributed by atoms with Crippen molar-refractivity contribution in [3.05, 3.63) is 0 Å². The lowest BCUT2D eigenvalue weighted by atomic mass is 10.4. The molecule has 1 saturated carbocycles. The van der Waals surface area contributed by atoms with E-state index in [1.807, 2.05) is 6.92 Å². The summed E-state index contributed by atoms with van der Waals surface area (Å²) in [6.45, 7) is 2.36. The van der Waals surface area contributed by atoms with Crippen LogP contribution in [0.15, 0.2) is 0 Å². The van der Waals surface area contributed by atoms with E-state index in [4.69, 9.17) is 9.84 Å². The van der Waals surface area contributed by atoms with Crippen molar-refractivity contribution in [2.75, 3.05) is 13.7 Å². The summed E-state index contributed by atoms with van der Waals surface area (Å²) in [6, 6.07) is 0. The molecule has 0 atom stereocenters. The topological polar surface area (TPSA) is 46.5 Å². The van der Waals surface area contributed by atoms with Gasteiger partial charge in [0.2, 0.25) is 0 Å². The van der Waals surface area contributed by atoms with Crippen LogP contribution in [0, 0.1) is 5.92 Å². The maximum atomic E-state index is 10.6. The van der Waals surface area contributed by atoms with Crippen LogP contribution >= 0.6 is 0 Å². The van der Waals surface area contributed by atoms with Gasteiger partial charge in [0.25, 0.3) is 0 Å². The van der Waals surface area contributed by atoms with E-state index in [2.05, 4.69) is 0 Å². The lowest BCUT2D eigenvalue weighted by molar-refractivity contribution is -0.144. The smallest absolute Gasteiger partial charge is 0.308 e. The molecule has 0 saturated heterocycles. The average Bonchev–Trinajstić information content (AvgIpc) is 2.74. The number of esters is 1. The predicted octanol–water partition coefficient (Wildman–Crippen LogP) is 0.568. The fraction of sp³-hybridized carbons (Fsp3) is 0.857. The molecule has 3 heteroatoms. The Bertz CT molecular complexity index is 97.0. The highest BCUT2D eigenvalue weighted by molar-refractivity contribution is 5.74. The molecule has 0 heterocycles. The highest BCUT2D eigenvalue weighted by Gasteiger charge is 2.30. The molecule has 0 radical (unpaired) electrons. The number of ether oxygens (including phenoxy) is 1. The summed E-state index contributed by atoms with van der Waals surface area (Å²) in [4.78, 5) is 10.6. The summed E-state index contributed by atoms with van der Waals surface area (Å²) in [5.41, 5.74) is 0. The molecule has 10 heavy (non-hydrogen) atoms. The molecule has 3 nitrogen and oxygen atoms in total. The largest absolute Gasteiger partial charge is 0.466 e. The van der Waals surface area contributed by atoms with E-state index in [1.54, 1.807) is 0 Å². The lowest BCUT2D eigenvalue weighted by Gasteiger charge is -1.95. The molecule has 0 aliphatic heterocycles. The van der Waals surface area contributed by atoms with Gasteiger partial charge in [-0.05, 0) is 19.8 Å². The van der Waals surface area contributed by atoms with Crippen molar-refractivity contribution in [2.45, 2.75) is 19.8 Å². The van der Waals surface area contributed by atoms with Gasteiger partial charge in [-0.15, -0.1) is 0 Å². The van der Waals surface area contributed by atoms with Gasteiger partial charge in [-0.3, -0.25) is 4.79 Å². The van der Waals surface area contributed by atoms with Crippen LogP contribution in [0.2, 0.25) is 0 Å². The minimum Gasteiger partial charge on any atom is -0.466 e. The zero-order valence-corrected chi connectivity index (χ0v) is 6.46. The van der Waals surface area contributed by atoms with E-state index in [1.165, 1.54) is 0 Å². The third-order valence-electron chi connectivity index (χ3n) is 1.20. The average molecular weight is 146 g/mol. The Morgan fingerprint density at radius 3 is 2.40 bits per heavy atom. The summed E-state index contributed by atoms with van der Waals surface area (Å²) >= 11 is 0. The first-order valence-corrected chi connectivity index (χ1v) is 3.46. The minimum atomic E-state index is -0.00694. The number of hydrogen-bond acceptors (Lipinski definition) is 3. The van der Waals surface area contributed by atoms with Crippen LogP contribution < -0.4 is 0 Å². The highest BCUT2D eigenvalue weighted by Crippen LogP contribution is 2.29. The number of carbonyl (C=O) groups excluding carboxylic acids is 1. The summed E-state index contributed by atoms with van der Waals surface area (Å²) in [5, 5.41) is 7.00. The standard InChI is InChI=1S/C6H10O2.CH4O/c1-2-8-6(7)5-3-4-5;1-2/h5H,2-4H2,1H3;2H,1H3. The Labute approximate surface area is 61.0 Å². The number of carbonyl (C=O) groups is 1. The van der Waals surface area contributed by atoms with Gasteiger partial charge in [0.1, 0.15) is 0 Å². The first-order valence-electron chi connectivity index (χ1n) is 3.46. The molecule has 0 amide bonds. The zero-order chi connectivity index (χ0) is 7.98. The SMILES string of the molecule is CCOC(=O)C1CC1.CO. The van der Waals surface area contributed by atoms with E-state index in [-0.39, 0.29) is 11.9 Å². The molecule has 0 aromatic carbocycles. The molecular weight excluding hydrogens is 132 g/mol. The Morgan fingerprint density at radius 1 is 1.60 bits per heavy atom. The van der Waals surface area contributed by atoms with Crippen LogP contribution in [0.5, 0.6) is 0 Å². The highest BCUT2D eigenvalue weighted by atomic mass is 16.5. The second kappa shape index (κ2) is 5.23. The number of rotatable bonds is 2. The molecule has 0 aromatic rings. The van der Waals surface area contributed by atoms with Crippen molar-refractivity contribution in [1.82, 2.24) is 0 Å². The number of aliphatic hydroxyl groups excluding tert-OH is 1. The van der Waals surface area contributed by atoms with E-state index in [0.29, 0.717) is 6.61 Å². The third kappa shape index (κ3) is 3.45. The van der Waals surface area contributed by atoms with Crippen LogP contribution in [0.4, 0.5) is 0 Å². The number of hydrogen-bond donors (Lipinski definition) is 1. The van der Waals surface area contributed by atoms with Crippen molar-refractivity contribution < 1.29 is 14.6 Å². The Morgan fingerprint density at radius 2 is 2.10 bits per heavy atom. The van der Waals surface area contributed by atoms with Gasteiger partial charge in [-0.1, -0.05) is 0 Å². The van der Waals surface area contributed by atoms with Crippen LogP contribution in [0.1, 0.15) is 19.8 Å². The van der Waals surface area contributed by atoms with Crippen LogP contribution in [0.25, 0.3) is 0 Å². The first-order chi connectivity index (χ1) is 4.84. The predicted molar refractivity (Wildman–Crippen MR) is 37.5 cm³/mol. The molecule has 0 unspecified atom stereocenters. The Balaban J connectivity index is 0.000000371. The lowest BCUT2D eigenvalue weighted by Crippen LogP contribution is -2.04. The van der Waals surface area contributed by atoms with Crippen molar-refractivity contribution in [3.8, 4) is 0 Å². The molecule has 0 aromatic heterocycles. The molecule has 1 fully saturated rings. The summed E-state index contributed by atoms with van der Waals surface area (Å²) in [7, 11) is 1.00. The molecule has 1 rings (SSSR count). The van der Waals surface area contributed by atoms with Crippen molar-refractivity contribution in [2.24, 2.45) is 5.92 Å². The van der Waals surface area contributed by atoms with Gasteiger partial charge in [0.05, 0.1) is 12.5 Å². The number of aliphatic hydroxyl groups is 1. The Kier molecular flexibility index (Phi) is 4.94. The van der Waals surface area contributed by atoms with Gasteiger partial charge >= 0.3 is 5.97 Å². The summed E-state index contributed by atoms with van der Waals surface area (Å²) in [5.74, 6) is 0.252. The first kappa shape index (κ1) is 9.43. The van der Waals surface area contributed by atoms with Crippen molar-refractivity contribution >= 4 is 5.97 Å². The molecule has 1 aliphatic rings. The second-order valence-corrected chi connectivity index (χ2v) is 2.03. The molecular formula is C7H14O3. The van der Waals surface area contributed by atoms with Gasteiger partial charge in [-0.2, -0.15) is 0 Å². The van der Waals surface area contributed by atoms with Gasteiger partial charge in [-0.25, -0.2) is 0 Å². The monoisotopic (exact) mass is 146 g/mol.